The summed E-state index contributed by atoms with van der Waals surface area (Å²) in [4.78, 5) is -0.190. The molecular formula is C11H14F2N2OS2. The minimum Gasteiger partial charge on any atom is -0.389 e. The lowest BCUT2D eigenvalue weighted by atomic mass is 10.2. The third-order valence-electron chi connectivity index (χ3n) is 2.31. The van der Waals surface area contributed by atoms with E-state index in [0.717, 1.165) is 0 Å². The number of benzene rings is 1. The van der Waals surface area contributed by atoms with Crippen molar-refractivity contribution in [1.82, 2.24) is 0 Å². The molecule has 18 heavy (non-hydrogen) atoms. The number of nitrogens with two attached hydrogens (primary N) is 1. The smallest absolute Gasteiger partial charge is 0.182 e. The van der Waals surface area contributed by atoms with E-state index in [9.17, 15) is 13.0 Å². The zero-order valence-corrected chi connectivity index (χ0v) is 11.5. The van der Waals surface area contributed by atoms with Crippen molar-refractivity contribution in [3.63, 3.8) is 0 Å². The van der Waals surface area contributed by atoms with Crippen molar-refractivity contribution < 1.29 is 13.0 Å². The first kappa shape index (κ1) is 15.0. The molecule has 0 saturated heterocycles. The average Bonchev–Trinajstić information content (AvgIpc) is 2.33. The van der Waals surface area contributed by atoms with Gasteiger partial charge in [-0.05, 0) is 12.1 Å². The highest BCUT2D eigenvalue weighted by Crippen LogP contribution is 2.20. The molecule has 0 saturated carbocycles. The Hall–Kier alpha value is -1.08. The van der Waals surface area contributed by atoms with Crippen LogP contribution in [0.2, 0.25) is 0 Å². The van der Waals surface area contributed by atoms with Crippen LogP contribution in [0.25, 0.3) is 0 Å². The molecule has 0 radical (unpaired) electrons. The Balaban J connectivity index is 2.77. The minimum atomic E-state index is -1.07. The summed E-state index contributed by atoms with van der Waals surface area (Å²) in [5.41, 5.74) is 5.15. The molecule has 1 rings (SSSR count). The second-order valence-electron chi connectivity index (χ2n) is 3.51. The summed E-state index contributed by atoms with van der Waals surface area (Å²) in [7, 11) is -0.944. The van der Waals surface area contributed by atoms with Gasteiger partial charge < -0.3 is 11.1 Å². The standard InChI is InChI=1S/C11H14F2N2OS2/c1-2-18(16)6-5-15-8-4-3-7(11(14)17)9(12)10(8)13/h3-4,15H,2,5-6H2,1H3,(H2,14,17). The Morgan fingerprint density at radius 3 is 2.67 bits per heavy atom. The fourth-order valence-corrected chi connectivity index (χ4v) is 2.10. The van der Waals surface area contributed by atoms with Crippen LogP contribution in [0.4, 0.5) is 14.5 Å². The van der Waals surface area contributed by atoms with Crippen molar-refractivity contribution in [3.05, 3.63) is 29.3 Å². The summed E-state index contributed by atoms with van der Waals surface area (Å²) in [6.07, 6.45) is 0. The molecule has 3 nitrogen and oxygen atoms in total. The van der Waals surface area contributed by atoms with E-state index in [1.54, 1.807) is 6.92 Å². The predicted octanol–water partition coefficient (Wildman–Crippen LogP) is 1.78. The summed E-state index contributed by atoms with van der Waals surface area (Å²) in [5.74, 6) is -1.17. The van der Waals surface area contributed by atoms with Gasteiger partial charge in [0, 0.05) is 34.4 Å². The van der Waals surface area contributed by atoms with Crippen molar-refractivity contribution in [2.75, 3.05) is 23.4 Å². The summed E-state index contributed by atoms with van der Waals surface area (Å²) in [6, 6.07) is 2.68. The van der Waals surface area contributed by atoms with E-state index in [0.29, 0.717) is 18.1 Å². The maximum Gasteiger partial charge on any atom is 0.182 e. The van der Waals surface area contributed by atoms with Crippen molar-refractivity contribution in [3.8, 4) is 0 Å². The van der Waals surface area contributed by atoms with Crippen LogP contribution in [0.5, 0.6) is 0 Å². The number of hydrogen-bond acceptors (Lipinski definition) is 3. The number of anilines is 1. The molecule has 0 aliphatic carbocycles. The topological polar surface area (TPSA) is 55.1 Å². The SMILES string of the molecule is CCS(=O)CCNc1ccc(C(N)=S)c(F)c1F. The van der Waals surface area contributed by atoms with Crippen LogP contribution in [0.3, 0.4) is 0 Å². The van der Waals surface area contributed by atoms with Crippen LogP contribution in [0, 0.1) is 11.6 Å². The summed E-state index contributed by atoms with van der Waals surface area (Å²) in [5, 5.41) is 2.69. The van der Waals surface area contributed by atoms with Gasteiger partial charge in [-0.15, -0.1) is 0 Å². The molecule has 1 atom stereocenters. The van der Waals surface area contributed by atoms with Gasteiger partial charge in [0.25, 0.3) is 0 Å². The molecule has 0 heterocycles. The summed E-state index contributed by atoms with van der Waals surface area (Å²) >= 11 is 4.60. The normalized spacial score (nSPS) is 12.2. The van der Waals surface area contributed by atoms with Gasteiger partial charge >= 0.3 is 0 Å². The molecule has 0 spiro atoms. The summed E-state index contributed by atoms with van der Waals surface area (Å²) < 4.78 is 38.3. The molecule has 1 aromatic carbocycles. The zero-order valence-electron chi connectivity index (χ0n) is 9.83. The highest BCUT2D eigenvalue weighted by atomic mass is 32.2. The van der Waals surface area contributed by atoms with E-state index in [1.807, 2.05) is 0 Å². The number of thiocarbonyl (C=S) groups is 1. The van der Waals surface area contributed by atoms with Crippen LogP contribution in [-0.2, 0) is 10.8 Å². The second kappa shape index (κ2) is 6.75. The van der Waals surface area contributed by atoms with Crippen LogP contribution in [-0.4, -0.2) is 27.2 Å². The molecule has 100 valence electrons. The Morgan fingerprint density at radius 1 is 1.44 bits per heavy atom. The lowest BCUT2D eigenvalue weighted by Crippen LogP contribution is -2.16. The van der Waals surface area contributed by atoms with Gasteiger partial charge in [-0.25, -0.2) is 8.78 Å². The molecule has 0 aromatic heterocycles. The van der Waals surface area contributed by atoms with Gasteiger partial charge in [-0.3, -0.25) is 4.21 Å². The molecule has 0 fully saturated rings. The van der Waals surface area contributed by atoms with Gasteiger partial charge in [0.1, 0.15) is 4.99 Å². The molecular weight excluding hydrogens is 278 g/mol. The fraction of sp³-hybridized carbons (Fsp3) is 0.364. The Labute approximate surface area is 112 Å². The third kappa shape index (κ3) is 3.71. The van der Waals surface area contributed by atoms with Crippen molar-refractivity contribution in [2.24, 2.45) is 5.73 Å². The van der Waals surface area contributed by atoms with Crippen LogP contribution in [0.1, 0.15) is 12.5 Å². The van der Waals surface area contributed by atoms with Crippen LogP contribution in [0.15, 0.2) is 12.1 Å². The van der Waals surface area contributed by atoms with Gasteiger partial charge in [-0.1, -0.05) is 19.1 Å². The Bertz CT molecular complexity index is 480. The summed E-state index contributed by atoms with van der Waals surface area (Å²) in [6.45, 7) is 2.11. The highest BCUT2D eigenvalue weighted by Gasteiger charge is 2.14. The van der Waals surface area contributed by atoms with E-state index >= 15 is 0 Å². The first-order chi connectivity index (χ1) is 8.47. The molecule has 7 heteroatoms. The van der Waals surface area contributed by atoms with E-state index in [2.05, 4.69) is 17.5 Å². The molecule has 0 aliphatic rings. The van der Waals surface area contributed by atoms with Gasteiger partial charge in [0.05, 0.1) is 5.69 Å². The molecule has 0 amide bonds. The quantitative estimate of drug-likeness (QED) is 0.785. The monoisotopic (exact) mass is 292 g/mol. The lowest BCUT2D eigenvalue weighted by Gasteiger charge is -2.09. The van der Waals surface area contributed by atoms with Gasteiger partial charge in [-0.2, -0.15) is 0 Å². The number of rotatable bonds is 6. The average molecular weight is 292 g/mol. The van der Waals surface area contributed by atoms with Crippen molar-refractivity contribution in [1.29, 1.82) is 0 Å². The lowest BCUT2D eigenvalue weighted by molar-refractivity contribution is 0.509. The van der Waals surface area contributed by atoms with E-state index in [-0.39, 0.29) is 16.2 Å². The maximum atomic E-state index is 13.6. The molecule has 0 bridgehead atoms. The van der Waals surface area contributed by atoms with E-state index in [1.165, 1.54) is 12.1 Å². The van der Waals surface area contributed by atoms with E-state index < -0.39 is 22.4 Å². The van der Waals surface area contributed by atoms with Crippen molar-refractivity contribution >= 4 is 33.7 Å². The largest absolute Gasteiger partial charge is 0.389 e. The molecule has 3 N–H and O–H groups in total. The van der Waals surface area contributed by atoms with Gasteiger partial charge in [0.2, 0.25) is 0 Å². The molecule has 1 unspecified atom stereocenters. The Kier molecular flexibility index (Phi) is 5.61. The number of hydrogen-bond donors (Lipinski definition) is 2. The fourth-order valence-electron chi connectivity index (χ4n) is 1.32. The third-order valence-corrected chi connectivity index (χ3v) is 3.84. The molecule has 1 aromatic rings. The first-order valence-electron chi connectivity index (χ1n) is 5.34. The van der Waals surface area contributed by atoms with Crippen molar-refractivity contribution in [2.45, 2.75) is 6.92 Å². The maximum absolute atomic E-state index is 13.6. The first-order valence-corrected chi connectivity index (χ1v) is 7.23. The molecule has 0 aliphatic heterocycles. The van der Waals surface area contributed by atoms with Crippen LogP contribution < -0.4 is 11.1 Å². The minimum absolute atomic E-state index is 0.0144. The van der Waals surface area contributed by atoms with E-state index in [4.69, 9.17) is 5.73 Å². The predicted molar refractivity (Wildman–Crippen MR) is 74.3 cm³/mol. The van der Waals surface area contributed by atoms with Gasteiger partial charge in [0.15, 0.2) is 11.6 Å². The Morgan fingerprint density at radius 2 is 2.11 bits per heavy atom. The zero-order chi connectivity index (χ0) is 13.7. The number of nitrogens with one attached hydrogen (secondary N) is 1. The van der Waals surface area contributed by atoms with Crippen LogP contribution >= 0.6 is 12.2 Å². The number of halogens is 2. The highest BCUT2D eigenvalue weighted by molar-refractivity contribution is 7.84. The second-order valence-corrected chi connectivity index (χ2v) is 5.82.